The predicted octanol–water partition coefficient (Wildman–Crippen LogP) is 2.44. The van der Waals surface area contributed by atoms with Gasteiger partial charge in [-0.25, -0.2) is 14.4 Å². The number of methoxy groups -OCH3 is 2. The zero-order chi connectivity index (χ0) is 16.9. The van der Waals surface area contributed by atoms with Crippen molar-refractivity contribution >= 4 is 51.1 Å². The van der Waals surface area contributed by atoms with Crippen LogP contribution in [0.1, 0.15) is 10.4 Å². The summed E-state index contributed by atoms with van der Waals surface area (Å²) >= 11 is 9.13. The van der Waals surface area contributed by atoms with Crippen LogP contribution in [0.4, 0.5) is 5.69 Å². The number of carboxylic acid groups (broad SMARTS) is 1. The Labute approximate surface area is 139 Å². The number of nitrogens with one attached hydrogen (secondary N) is 1. The zero-order valence-electron chi connectivity index (χ0n) is 11.5. The Kier molecular flexibility index (Phi) is 6.39. The third-order valence-corrected chi connectivity index (χ3v) is 3.34. The second-order valence-corrected chi connectivity index (χ2v) is 5.08. The van der Waals surface area contributed by atoms with Gasteiger partial charge < -0.3 is 19.9 Å². The average molecular weight is 393 g/mol. The largest absolute Gasteiger partial charge is 0.478 e. The van der Waals surface area contributed by atoms with Crippen molar-refractivity contribution in [3.8, 4) is 0 Å². The van der Waals surface area contributed by atoms with Crippen molar-refractivity contribution < 1.29 is 29.0 Å². The van der Waals surface area contributed by atoms with Gasteiger partial charge in [0.1, 0.15) is 5.70 Å². The summed E-state index contributed by atoms with van der Waals surface area (Å²) in [5.41, 5.74) is -0.0637. The zero-order valence-corrected chi connectivity index (χ0v) is 13.8. The Morgan fingerprint density at radius 2 is 1.91 bits per heavy atom. The van der Waals surface area contributed by atoms with Gasteiger partial charge >= 0.3 is 17.9 Å². The lowest BCUT2D eigenvalue weighted by molar-refractivity contribution is -0.138. The first-order valence-electron chi connectivity index (χ1n) is 5.67. The van der Waals surface area contributed by atoms with Gasteiger partial charge in [0.15, 0.2) is 0 Å². The molecule has 1 aromatic rings. The Morgan fingerprint density at radius 1 is 1.27 bits per heavy atom. The molecule has 0 aliphatic rings. The van der Waals surface area contributed by atoms with Gasteiger partial charge in [0.25, 0.3) is 0 Å². The number of aromatic carboxylic acids is 1. The van der Waals surface area contributed by atoms with Gasteiger partial charge in [0, 0.05) is 4.47 Å². The molecule has 0 bridgehead atoms. The fourth-order valence-corrected chi connectivity index (χ4v) is 2.32. The molecule has 0 atom stereocenters. The molecule has 1 aromatic carbocycles. The average Bonchev–Trinajstić information content (AvgIpc) is 2.48. The summed E-state index contributed by atoms with van der Waals surface area (Å²) in [6.45, 7) is 0. The van der Waals surface area contributed by atoms with Gasteiger partial charge in [-0.15, -0.1) is 0 Å². The highest BCUT2D eigenvalue weighted by Gasteiger charge is 2.18. The number of benzene rings is 1. The van der Waals surface area contributed by atoms with Crippen molar-refractivity contribution in [2.24, 2.45) is 0 Å². The number of rotatable bonds is 5. The quantitative estimate of drug-likeness (QED) is 0.586. The lowest BCUT2D eigenvalue weighted by Gasteiger charge is -2.13. The molecule has 22 heavy (non-hydrogen) atoms. The molecule has 0 aliphatic carbocycles. The molecule has 0 fully saturated rings. The monoisotopic (exact) mass is 391 g/mol. The molecule has 2 N–H and O–H groups in total. The molecule has 0 radical (unpaired) electrons. The highest BCUT2D eigenvalue weighted by molar-refractivity contribution is 9.10. The smallest absolute Gasteiger partial charge is 0.354 e. The van der Waals surface area contributed by atoms with Gasteiger partial charge in [-0.05, 0) is 28.1 Å². The molecule has 0 amide bonds. The molecule has 0 heterocycles. The summed E-state index contributed by atoms with van der Waals surface area (Å²) in [5, 5.41) is 11.6. The van der Waals surface area contributed by atoms with E-state index in [2.05, 4.69) is 30.7 Å². The van der Waals surface area contributed by atoms with E-state index in [0.29, 0.717) is 0 Å². The second kappa shape index (κ2) is 7.81. The van der Waals surface area contributed by atoms with Gasteiger partial charge in [-0.1, -0.05) is 11.6 Å². The highest BCUT2D eigenvalue weighted by atomic mass is 79.9. The minimum Gasteiger partial charge on any atom is -0.478 e. The number of carbonyl (C=O) groups excluding carboxylic acids is 2. The van der Waals surface area contributed by atoms with Gasteiger partial charge in [0.05, 0.1) is 36.6 Å². The van der Waals surface area contributed by atoms with Crippen LogP contribution in [0.2, 0.25) is 5.02 Å². The Bertz CT molecular complexity index is 635. The second-order valence-electron chi connectivity index (χ2n) is 3.82. The van der Waals surface area contributed by atoms with Crippen molar-refractivity contribution in [3.63, 3.8) is 0 Å². The van der Waals surface area contributed by atoms with Crippen molar-refractivity contribution in [2.75, 3.05) is 19.5 Å². The van der Waals surface area contributed by atoms with Crippen LogP contribution in [-0.4, -0.2) is 37.2 Å². The van der Waals surface area contributed by atoms with Crippen molar-refractivity contribution in [1.82, 2.24) is 0 Å². The van der Waals surface area contributed by atoms with E-state index < -0.39 is 17.9 Å². The number of esters is 2. The SMILES string of the molecule is COC(=O)/C=C(/Nc1c(Cl)cc(C(=O)O)cc1Br)C(=O)OC. The van der Waals surface area contributed by atoms with Crippen LogP contribution in [0.25, 0.3) is 0 Å². The number of anilines is 1. The standard InChI is InChI=1S/C13H11BrClNO6/c1-21-10(17)5-9(13(20)22-2)16-11-7(14)3-6(12(18)19)4-8(11)15/h3-5,16H,1-2H3,(H,18,19)/b9-5+. The predicted molar refractivity (Wildman–Crippen MR) is 81.8 cm³/mol. The first-order chi connectivity index (χ1) is 10.3. The summed E-state index contributed by atoms with van der Waals surface area (Å²) in [7, 11) is 2.29. The lowest BCUT2D eigenvalue weighted by Crippen LogP contribution is -2.16. The number of halogens is 2. The van der Waals surface area contributed by atoms with E-state index in [1.165, 1.54) is 12.1 Å². The molecular formula is C13H11BrClNO6. The molecule has 7 nitrogen and oxygen atoms in total. The summed E-state index contributed by atoms with van der Waals surface area (Å²) in [4.78, 5) is 33.9. The third-order valence-electron chi connectivity index (χ3n) is 2.42. The molecule has 0 saturated heterocycles. The van der Waals surface area contributed by atoms with Crippen molar-refractivity contribution in [3.05, 3.63) is 39.0 Å². The molecule has 118 valence electrons. The van der Waals surface area contributed by atoms with Gasteiger partial charge in [-0.2, -0.15) is 0 Å². The van der Waals surface area contributed by atoms with Crippen LogP contribution >= 0.6 is 27.5 Å². The van der Waals surface area contributed by atoms with Crippen LogP contribution in [0.3, 0.4) is 0 Å². The normalized spacial score (nSPS) is 10.8. The fourth-order valence-electron chi connectivity index (χ4n) is 1.38. The molecule has 9 heteroatoms. The topological polar surface area (TPSA) is 102 Å². The number of hydrogen-bond acceptors (Lipinski definition) is 6. The van der Waals surface area contributed by atoms with Crippen molar-refractivity contribution in [2.45, 2.75) is 0 Å². The van der Waals surface area contributed by atoms with E-state index in [9.17, 15) is 14.4 Å². The van der Waals surface area contributed by atoms with Gasteiger partial charge in [-0.3, -0.25) is 0 Å². The maximum absolute atomic E-state index is 11.7. The number of ether oxygens (including phenoxy) is 2. The van der Waals surface area contributed by atoms with E-state index in [4.69, 9.17) is 16.7 Å². The maximum Gasteiger partial charge on any atom is 0.354 e. The number of hydrogen-bond donors (Lipinski definition) is 2. The first kappa shape index (κ1) is 18.0. The van der Waals surface area contributed by atoms with E-state index >= 15 is 0 Å². The lowest BCUT2D eigenvalue weighted by atomic mass is 10.2. The molecule has 0 aliphatic heterocycles. The Morgan fingerprint density at radius 3 is 2.36 bits per heavy atom. The maximum atomic E-state index is 11.7. The molecular weight excluding hydrogens is 382 g/mol. The fraction of sp³-hybridized carbons (Fsp3) is 0.154. The Balaban J connectivity index is 3.24. The Hall–Kier alpha value is -2.06. The number of carboxylic acids is 1. The van der Waals surface area contributed by atoms with Crippen LogP contribution < -0.4 is 5.32 Å². The van der Waals surface area contributed by atoms with Crippen LogP contribution in [0.5, 0.6) is 0 Å². The van der Waals surface area contributed by atoms with Crippen LogP contribution in [0, 0.1) is 0 Å². The molecule has 0 saturated carbocycles. The molecule has 0 aromatic heterocycles. The summed E-state index contributed by atoms with van der Waals surface area (Å²) in [6, 6.07) is 2.49. The summed E-state index contributed by atoms with van der Waals surface area (Å²) in [5.74, 6) is -2.76. The third kappa shape index (κ3) is 4.47. The molecule has 1 rings (SSSR count). The summed E-state index contributed by atoms with van der Waals surface area (Å²) in [6.07, 6.45) is 0.889. The van der Waals surface area contributed by atoms with E-state index in [1.54, 1.807) is 0 Å². The first-order valence-corrected chi connectivity index (χ1v) is 6.84. The minimum absolute atomic E-state index is 0.0337. The van der Waals surface area contributed by atoms with Gasteiger partial charge in [0.2, 0.25) is 0 Å². The number of carbonyl (C=O) groups is 3. The van der Waals surface area contributed by atoms with Crippen LogP contribution in [0.15, 0.2) is 28.4 Å². The van der Waals surface area contributed by atoms with E-state index in [1.807, 2.05) is 0 Å². The summed E-state index contributed by atoms with van der Waals surface area (Å²) < 4.78 is 9.27. The van der Waals surface area contributed by atoms with Crippen LogP contribution in [-0.2, 0) is 19.1 Å². The highest BCUT2D eigenvalue weighted by Crippen LogP contribution is 2.33. The minimum atomic E-state index is -1.16. The van der Waals surface area contributed by atoms with E-state index in [0.717, 1.165) is 20.3 Å². The molecule has 0 spiro atoms. The molecule has 0 unspecified atom stereocenters. The van der Waals surface area contributed by atoms with E-state index in [-0.39, 0.29) is 26.4 Å². The van der Waals surface area contributed by atoms with Crippen molar-refractivity contribution in [1.29, 1.82) is 0 Å².